The van der Waals surface area contributed by atoms with E-state index in [1.165, 1.54) is 0 Å². The normalized spacial score (nSPS) is 9.50. The van der Waals surface area contributed by atoms with Crippen LogP contribution in [0.3, 0.4) is 0 Å². The Bertz CT molecular complexity index is 219. The van der Waals surface area contributed by atoms with Crippen LogP contribution in [0.25, 0.3) is 0 Å². The van der Waals surface area contributed by atoms with Crippen molar-refractivity contribution in [3.8, 4) is 0 Å². The second-order valence-corrected chi connectivity index (χ2v) is 2.95. The Balaban J connectivity index is 3.06. The summed E-state index contributed by atoms with van der Waals surface area (Å²) in [7, 11) is 1.83. The van der Waals surface area contributed by atoms with E-state index in [0.29, 0.717) is 5.15 Å². The number of anilines is 1. The van der Waals surface area contributed by atoms with E-state index in [2.05, 4.69) is 26.2 Å². The Kier molecular flexibility index (Phi) is 2.51. The van der Waals surface area contributed by atoms with Crippen molar-refractivity contribution in [1.82, 2.24) is 4.98 Å². The first kappa shape index (κ1) is 7.82. The second-order valence-electron chi connectivity index (χ2n) is 1.75. The minimum atomic E-state index is 0.485. The van der Waals surface area contributed by atoms with E-state index >= 15 is 0 Å². The van der Waals surface area contributed by atoms with Crippen LogP contribution in [0, 0.1) is 0 Å². The van der Waals surface area contributed by atoms with Gasteiger partial charge in [-0.2, -0.15) is 0 Å². The summed E-state index contributed by atoms with van der Waals surface area (Å²) in [5.74, 6) is 0. The van der Waals surface area contributed by atoms with E-state index in [1.54, 1.807) is 6.07 Å². The zero-order valence-corrected chi connectivity index (χ0v) is 7.70. The molecule has 0 radical (unpaired) electrons. The smallest absolute Gasteiger partial charge is 0.132 e. The summed E-state index contributed by atoms with van der Waals surface area (Å²) in [5, 5.41) is 3.44. The van der Waals surface area contributed by atoms with Crippen molar-refractivity contribution in [2.75, 3.05) is 12.4 Å². The Hall–Kier alpha value is -0.280. The first-order valence-corrected chi connectivity index (χ1v) is 3.90. The number of aromatic nitrogens is 1. The molecule has 0 amide bonds. The SMILES string of the molecule is CNc1cc(Cl)nc(Br)c1. The number of nitrogens with zero attached hydrogens (tertiary/aromatic N) is 1. The maximum absolute atomic E-state index is 5.65. The van der Waals surface area contributed by atoms with Crippen molar-refractivity contribution in [3.05, 3.63) is 21.9 Å². The summed E-state index contributed by atoms with van der Waals surface area (Å²) in [6.45, 7) is 0. The van der Waals surface area contributed by atoms with Gasteiger partial charge in [0.05, 0.1) is 0 Å². The van der Waals surface area contributed by atoms with E-state index in [-0.39, 0.29) is 0 Å². The zero-order chi connectivity index (χ0) is 7.56. The van der Waals surface area contributed by atoms with Crippen LogP contribution < -0.4 is 5.32 Å². The van der Waals surface area contributed by atoms with Crippen LogP contribution in [-0.4, -0.2) is 12.0 Å². The monoisotopic (exact) mass is 220 g/mol. The molecule has 0 unspecified atom stereocenters. The number of nitrogens with one attached hydrogen (secondary N) is 1. The molecule has 1 rings (SSSR count). The molecule has 2 nitrogen and oxygen atoms in total. The van der Waals surface area contributed by atoms with E-state index in [4.69, 9.17) is 11.6 Å². The summed E-state index contributed by atoms with van der Waals surface area (Å²) >= 11 is 8.87. The van der Waals surface area contributed by atoms with Crippen LogP contribution >= 0.6 is 27.5 Å². The van der Waals surface area contributed by atoms with Crippen LogP contribution in [0.5, 0.6) is 0 Å². The number of hydrogen-bond acceptors (Lipinski definition) is 2. The third-order valence-corrected chi connectivity index (χ3v) is 1.65. The predicted octanol–water partition coefficient (Wildman–Crippen LogP) is 2.54. The van der Waals surface area contributed by atoms with Gasteiger partial charge in [-0.1, -0.05) is 11.6 Å². The largest absolute Gasteiger partial charge is 0.388 e. The molecule has 1 aromatic heterocycles. The molecule has 0 atom stereocenters. The zero-order valence-electron chi connectivity index (χ0n) is 5.36. The maximum Gasteiger partial charge on any atom is 0.132 e. The van der Waals surface area contributed by atoms with Gasteiger partial charge < -0.3 is 5.32 Å². The molecule has 0 bridgehead atoms. The van der Waals surface area contributed by atoms with Crippen LogP contribution in [0.4, 0.5) is 5.69 Å². The molecule has 1 N–H and O–H groups in total. The lowest BCUT2D eigenvalue weighted by Crippen LogP contribution is -1.88. The van der Waals surface area contributed by atoms with Crippen LogP contribution in [0.2, 0.25) is 5.15 Å². The molecule has 1 heterocycles. The molecule has 0 saturated heterocycles. The summed E-state index contributed by atoms with van der Waals surface area (Å²) in [4.78, 5) is 3.92. The average molecular weight is 221 g/mol. The van der Waals surface area contributed by atoms with Crippen molar-refractivity contribution in [2.45, 2.75) is 0 Å². The molecular weight excluding hydrogens is 215 g/mol. The van der Waals surface area contributed by atoms with Crippen molar-refractivity contribution in [3.63, 3.8) is 0 Å². The van der Waals surface area contributed by atoms with Gasteiger partial charge in [0.2, 0.25) is 0 Å². The molecule has 0 saturated carbocycles. The second kappa shape index (κ2) is 3.21. The molecule has 0 aliphatic heterocycles. The van der Waals surface area contributed by atoms with Gasteiger partial charge in [-0.15, -0.1) is 0 Å². The summed E-state index contributed by atoms with van der Waals surface area (Å²) in [5.41, 5.74) is 0.951. The van der Waals surface area contributed by atoms with Gasteiger partial charge in [-0.3, -0.25) is 0 Å². The highest BCUT2D eigenvalue weighted by molar-refractivity contribution is 9.10. The molecule has 0 fully saturated rings. The quantitative estimate of drug-likeness (QED) is 0.737. The van der Waals surface area contributed by atoms with Gasteiger partial charge in [-0.25, -0.2) is 4.98 Å². The molecule has 0 aromatic carbocycles. The molecule has 0 aliphatic carbocycles. The maximum atomic E-state index is 5.65. The van der Waals surface area contributed by atoms with Crippen LogP contribution in [-0.2, 0) is 0 Å². The van der Waals surface area contributed by atoms with E-state index in [1.807, 2.05) is 13.1 Å². The van der Waals surface area contributed by atoms with Gasteiger partial charge in [0.1, 0.15) is 9.76 Å². The highest BCUT2D eigenvalue weighted by Gasteiger charge is 1.94. The minimum absolute atomic E-state index is 0.485. The molecular formula is C6H6BrClN2. The van der Waals surface area contributed by atoms with Crippen molar-refractivity contribution < 1.29 is 0 Å². The molecule has 4 heteroatoms. The van der Waals surface area contributed by atoms with Gasteiger partial charge in [-0.05, 0) is 28.1 Å². The Morgan fingerprint density at radius 3 is 2.80 bits per heavy atom. The minimum Gasteiger partial charge on any atom is -0.388 e. The fourth-order valence-corrected chi connectivity index (χ4v) is 1.36. The lowest BCUT2D eigenvalue weighted by atomic mass is 10.4. The van der Waals surface area contributed by atoms with E-state index < -0.39 is 0 Å². The Morgan fingerprint density at radius 2 is 2.30 bits per heavy atom. The number of hydrogen-bond donors (Lipinski definition) is 1. The van der Waals surface area contributed by atoms with Crippen LogP contribution in [0.15, 0.2) is 16.7 Å². The highest BCUT2D eigenvalue weighted by Crippen LogP contribution is 2.17. The van der Waals surface area contributed by atoms with E-state index in [0.717, 1.165) is 10.3 Å². The fraction of sp³-hybridized carbons (Fsp3) is 0.167. The summed E-state index contributed by atoms with van der Waals surface area (Å²) in [6.07, 6.45) is 0. The first-order valence-electron chi connectivity index (χ1n) is 2.73. The van der Waals surface area contributed by atoms with Gasteiger partial charge >= 0.3 is 0 Å². The molecule has 10 heavy (non-hydrogen) atoms. The topological polar surface area (TPSA) is 24.9 Å². The van der Waals surface area contributed by atoms with Gasteiger partial charge in [0.25, 0.3) is 0 Å². The van der Waals surface area contributed by atoms with Crippen molar-refractivity contribution in [1.29, 1.82) is 0 Å². The third-order valence-electron chi connectivity index (χ3n) is 1.05. The summed E-state index contributed by atoms with van der Waals surface area (Å²) < 4.78 is 0.740. The predicted molar refractivity (Wildman–Crippen MR) is 46.5 cm³/mol. The van der Waals surface area contributed by atoms with E-state index in [9.17, 15) is 0 Å². The number of pyridine rings is 1. The fourth-order valence-electron chi connectivity index (χ4n) is 0.609. The molecule has 0 aliphatic rings. The Morgan fingerprint density at radius 1 is 1.60 bits per heavy atom. The molecule has 0 spiro atoms. The molecule has 1 aromatic rings. The van der Waals surface area contributed by atoms with Gasteiger partial charge in [0, 0.05) is 12.7 Å². The van der Waals surface area contributed by atoms with Crippen molar-refractivity contribution in [2.24, 2.45) is 0 Å². The molecule has 54 valence electrons. The third kappa shape index (κ3) is 1.85. The van der Waals surface area contributed by atoms with Gasteiger partial charge in [0.15, 0.2) is 0 Å². The lowest BCUT2D eigenvalue weighted by Gasteiger charge is -1.99. The number of halogens is 2. The van der Waals surface area contributed by atoms with Crippen LogP contribution in [0.1, 0.15) is 0 Å². The Labute approximate surface area is 72.7 Å². The lowest BCUT2D eigenvalue weighted by molar-refractivity contribution is 1.27. The summed E-state index contributed by atoms with van der Waals surface area (Å²) in [6, 6.07) is 3.61. The highest BCUT2D eigenvalue weighted by atomic mass is 79.9. The standard InChI is InChI=1S/C6H6BrClN2/c1-9-4-2-5(7)10-6(8)3-4/h2-3H,1H3,(H,9,10). The number of rotatable bonds is 1. The average Bonchev–Trinajstić information content (AvgIpc) is 1.85. The first-order chi connectivity index (χ1) is 4.72. The van der Waals surface area contributed by atoms with Crippen molar-refractivity contribution >= 4 is 33.2 Å².